The molecule has 0 amide bonds. The number of hydrogen-bond acceptors (Lipinski definition) is 8. The molecular formula is C11H14IN5O4. The van der Waals surface area contributed by atoms with Gasteiger partial charge in [0.1, 0.15) is 23.8 Å². The van der Waals surface area contributed by atoms with Gasteiger partial charge in [-0.15, -0.1) is 0 Å². The Morgan fingerprint density at radius 1 is 1.43 bits per heavy atom. The lowest BCUT2D eigenvalue weighted by Crippen LogP contribution is -2.33. The molecule has 0 bridgehead atoms. The van der Waals surface area contributed by atoms with Gasteiger partial charge < -0.3 is 25.4 Å². The average Bonchev–Trinajstić information content (AvgIpc) is 2.96. The van der Waals surface area contributed by atoms with Crippen LogP contribution in [0, 0.1) is 3.83 Å². The summed E-state index contributed by atoms with van der Waals surface area (Å²) in [5, 5.41) is 20.2. The fourth-order valence-corrected chi connectivity index (χ4v) is 2.85. The number of nitrogens with two attached hydrogens (primary N) is 1. The lowest BCUT2D eigenvalue weighted by atomic mass is 10.1. The molecule has 0 radical (unpaired) electrons. The predicted octanol–water partition coefficient (Wildman–Crippen LogP) is -0.721. The highest BCUT2D eigenvalue weighted by atomic mass is 127. The zero-order valence-electron chi connectivity index (χ0n) is 11.0. The Kier molecular flexibility index (Phi) is 3.96. The molecule has 4 N–H and O–H groups in total. The average molecular weight is 407 g/mol. The molecule has 2 unspecified atom stereocenters. The number of nitrogens with zero attached hydrogens (tertiary/aromatic N) is 4. The van der Waals surface area contributed by atoms with Crippen LogP contribution in [0.2, 0.25) is 0 Å². The summed E-state index contributed by atoms with van der Waals surface area (Å²) in [7, 11) is 1.50. The van der Waals surface area contributed by atoms with E-state index in [0.717, 1.165) is 0 Å². The van der Waals surface area contributed by atoms with Crippen LogP contribution < -0.4 is 5.73 Å². The van der Waals surface area contributed by atoms with Gasteiger partial charge in [0.15, 0.2) is 21.5 Å². The summed E-state index contributed by atoms with van der Waals surface area (Å²) in [5.74, 6) is 0.254. The smallest absolute Gasteiger partial charge is 0.194 e. The van der Waals surface area contributed by atoms with Crippen LogP contribution in [-0.4, -0.2) is 61.8 Å². The molecule has 0 spiro atoms. The predicted molar refractivity (Wildman–Crippen MR) is 80.3 cm³/mol. The van der Waals surface area contributed by atoms with Gasteiger partial charge in [-0.1, -0.05) is 0 Å². The van der Waals surface area contributed by atoms with Gasteiger partial charge in [0.2, 0.25) is 0 Å². The summed E-state index contributed by atoms with van der Waals surface area (Å²) in [6.45, 7) is 0.177. The Labute approximate surface area is 133 Å². The van der Waals surface area contributed by atoms with Crippen molar-refractivity contribution >= 4 is 39.6 Å². The molecule has 0 aromatic carbocycles. The first-order valence-electron chi connectivity index (χ1n) is 6.19. The van der Waals surface area contributed by atoms with E-state index in [9.17, 15) is 10.2 Å². The minimum absolute atomic E-state index is 0.177. The summed E-state index contributed by atoms with van der Waals surface area (Å²) in [5.41, 5.74) is 6.67. The van der Waals surface area contributed by atoms with Crippen LogP contribution in [0.4, 0.5) is 5.82 Å². The van der Waals surface area contributed by atoms with Crippen molar-refractivity contribution in [3.63, 3.8) is 0 Å². The van der Waals surface area contributed by atoms with Crippen LogP contribution in [0.1, 0.15) is 6.23 Å². The van der Waals surface area contributed by atoms with Crippen LogP contribution in [-0.2, 0) is 9.47 Å². The van der Waals surface area contributed by atoms with Crippen LogP contribution in [0.25, 0.3) is 11.2 Å². The number of hydrogen-bond donors (Lipinski definition) is 3. The molecule has 1 aliphatic heterocycles. The Morgan fingerprint density at radius 3 is 2.90 bits per heavy atom. The third-order valence-corrected chi connectivity index (χ3v) is 3.85. The quantitative estimate of drug-likeness (QED) is 0.449. The fraction of sp³-hybridized carbons (Fsp3) is 0.545. The molecule has 1 saturated heterocycles. The summed E-state index contributed by atoms with van der Waals surface area (Å²) in [6.07, 6.45) is -2.13. The molecule has 2 aromatic rings. The maximum atomic E-state index is 10.2. The first kappa shape index (κ1) is 14.8. The maximum Gasteiger partial charge on any atom is 0.194 e. The highest BCUT2D eigenvalue weighted by molar-refractivity contribution is 14.1. The van der Waals surface area contributed by atoms with E-state index < -0.39 is 24.5 Å². The van der Waals surface area contributed by atoms with E-state index in [4.69, 9.17) is 15.2 Å². The molecule has 21 heavy (non-hydrogen) atoms. The topological polar surface area (TPSA) is 129 Å². The van der Waals surface area contributed by atoms with E-state index in [1.54, 1.807) is 4.57 Å². The van der Waals surface area contributed by atoms with Crippen molar-refractivity contribution in [1.82, 2.24) is 19.5 Å². The van der Waals surface area contributed by atoms with Gasteiger partial charge in [-0.3, -0.25) is 4.57 Å². The molecule has 3 rings (SSSR count). The zero-order chi connectivity index (χ0) is 15.1. The van der Waals surface area contributed by atoms with E-state index in [1.807, 2.05) is 22.6 Å². The SMILES string of the molecule is COC[C@H]1O[C@@H](n2cnc3c(N)nc(I)nc32)C(O)C1O. The van der Waals surface area contributed by atoms with Crippen molar-refractivity contribution in [2.45, 2.75) is 24.5 Å². The van der Waals surface area contributed by atoms with Crippen LogP contribution >= 0.6 is 22.6 Å². The minimum atomic E-state index is -1.11. The van der Waals surface area contributed by atoms with Crippen molar-refractivity contribution in [2.75, 3.05) is 19.5 Å². The molecule has 1 fully saturated rings. The fourth-order valence-electron chi connectivity index (χ4n) is 2.36. The number of rotatable bonds is 3. The second-order valence-corrected chi connectivity index (χ2v) is 5.67. The molecular weight excluding hydrogens is 393 g/mol. The van der Waals surface area contributed by atoms with Crippen molar-refractivity contribution in [3.05, 3.63) is 10.2 Å². The Balaban J connectivity index is 2.01. The van der Waals surface area contributed by atoms with E-state index in [0.29, 0.717) is 15.0 Å². The van der Waals surface area contributed by atoms with Crippen LogP contribution in [0.5, 0.6) is 0 Å². The molecule has 0 saturated carbocycles. The lowest BCUT2D eigenvalue weighted by molar-refractivity contribution is -0.0580. The van der Waals surface area contributed by atoms with Gasteiger partial charge in [0.05, 0.1) is 12.9 Å². The molecule has 10 heteroatoms. The molecule has 1 aliphatic rings. The van der Waals surface area contributed by atoms with Gasteiger partial charge in [-0.25, -0.2) is 15.0 Å². The van der Waals surface area contributed by atoms with Crippen LogP contribution in [0.15, 0.2) is 6.33 Å². The minimum Gasteiger partial charge on any atom is -0.387 e. The Morgan fingerprint density at radius 2 is 2.19 bits per heavy atom. The standard InChI is InChI=1S/C11H14IN5O4/c1-20-2-4-6(18)7(19)10(21-4)17-3-14-5-8(13)15-11(12)16-9(5)17/h3-4,6-7,10,18-19H,2H2,1H3,(H2,13,15,16)/t4-,6?,7?,10-/m1/s1. The third kappa shape index (κ3) is 2.46. The summed E-state index contributed by atoms with van der Waals surface area (Å²) in [6, 6.07) is 0. The second kappa shape index (κ2) is 5.61. The summed E-state index contributed by atoms with van der Waals surface area (Å²) < 4.78 is 12.6. The van der Waals surface area contributed by atoms with E-state index in [-0.39, 0.29) is 12.4 Å². The number of imidazole rings is 1. The van der Waals surface area contributed by atoms with E-state index in [2.05, 4.69) is 15.0 Å². The Bertz CT molecular complexity index is 665. The molecule has 114 valence electrons. The van der Waals surface area contributed by atoms with Crippen molar-refractivity contribution in [2.24, 2.45) is 0 Å². The maximum absolute atomic E-state index is 10.2. The highest BCUT2D eigenvalue weighted by Gasteiger charge is 2.44. The normalized spacial score (nSPS) is 29.3. The number of aliphatic hydroxyl groups excluding tert-OH is 2. The van der Waals surface area contributed by atoms with Crippen LogP contribution in [0.3, 0.4) is 0 Å². The van der Waals surface area contributed by atoms with Gasteiger partial charge >= 0.3 is 0 Å². The monoisotopic (exact) mass is 407 g/mol. The van der Waals surface area contributed by atoms with Gasteiger partial charge in [0, 0.05) is 29.7 Å². The second-order valence-electron chi connectivity index (χ2n) is 4.70. The number of fused-ring (bicyclic) bond motifs is 1. The largest absolute Gasteiger partial charge is 0.387 e. The Hall–Kier alpha value is -1.08. The van der Waals surface area contributed by atoms with Crippen molar-refractivity contribution in [3.8, 4) is 0 Å². The number of ether oxygens (including phenoxy) is 2. The first-order valence-corrected chi connectivity index (χ1v) is 7.27. The number of aromatic nitrogens is 4. The molecule has 0 aliphatic carbocycles. The number of halogens is 1. The van der Waals surface area contributed by atoms with Gasteiger partial charge in [-0.05, 0) is 0 Å². The molecule has 3 heterocycles. The van der Waals surface area contributed by atoms with E-state index in [1.165, 1.54) is 13.4 Å². The highest BCUT2D eigenvalue weighted by Crippen LogP contribution is 2.32. The number of nitrogen functional groups attached to an aromatic ring is 1. The van der Waals surface area contributed by atoms with Crippen molar-refractivity contribution in [1.29, 1.82) is 0 Å². The van der Waals surface area contributed by atoms with E-state index >= 15 is 0 Å². The molecule has 4 atom stereocenters. The third-order valence-electron chi connectivity index (χ3n) is 3.36. The lowest BCUT2D eigenvalue weighted by Gasteiger charge is -2.16. The first-order chi connectivity index (χ1) is 10.0. The molecule has 9 nitrogen and oxygen atoms in total. The number of aliphatic hydroxyl groups is 2. The number of anilines is 1. The number of methoxy groups -OCH3 is 1. The summed E-state index contributed by atoms with van der Waals surface area (Å²) in [4.78, 5) is 12.4. The zero-order valence-corrected chi connectivity index (χ0v) is 13.2. The van der Waals surface area contributed by atoms with Gasteiger partial charge in [-0.2, -0.15) is 0 Å². The van der Waals surface area contributed by atoms with Crippen molar-refractivity contribution < 1.29 is 19.7 Å². The molecule has 2 aromatic heterocycles. The van der Waals surface area contributed by atoms with Gasteiger partial charge in [0.25, 0.3) is 0 Å². The summed E-state index contributed by atoms with van der Waals surface area (Å²) >= 11 is 1.94.